The molecule has 0 rings (SSSR count). The molecule has 0 aliphatic rings. The summed E-state index contributed by atoms with van der Waals surface area (Å²) in [4.78, 5) is 10.1. The molecular weight excluding hydrogens is 148 g/mol. The zero-order valence-electron chi connectivity index (χ0n) is 8.25. The highest BCUT2D eigenvalue weighted by Crippen LogP contribution is 2.10. The molecule has 0 aliphatic carbocycles. The maximum Gasteiger partial charge on any atom is 0.120 e. The molecule has 0 heterocycles. The van der Waals surface area contributed by atoms with Crippen LogP contribution in [-0.4, -0.2) is 6.29 Å². The minimum atomic E-state index is 0.567. The van der Waals surface area contributed by atoms with Crippen molar-refractivity contribution in [1.82, 2.24) is 0 Å². The van der Waals surface area contributed by atoms with Gasteiger partial charge in [-0.05, 0) is 25.2 Å². The first-order chi connectivity index (χ1) is 5.81. The quantitative estimate of drug-likeness (QED) is 0.324. The molecule has 0 saturated carbocycles. The Morgan fingerprint density at radius 1 is 1.33 bits per heavy atom. The van der Waals surface area contributed by atoms with Gasteiger partial charge in [0.1, 0.15) is 6.29 Å². The predicted molar refractivity (Wildman–Crippen MR) is 53.1 cm³/mol. The van der Waals surface area contributed by atoms with Crippen LogP contribution in [0.3, 0.4) is 0 Å². The summed E-state index contributed by atoms with van der Waals surface area (Å²) in [5.74, 6) is 0.567. The van der Waals surface area contributed by atoms with Gasteiger partial charge in [0.2, 0.25) is 0 Å². The van der Waals surface area contributed by atoms with Gasteiger partial charge in [0.25, 0.3) is 0 Å². The Morgan fingerprint density at radius 2 is 2.08 bits per heavy atom. The normalized spacial score (nSPS) is 13.5. The van der Waals surface area contributed by atoms with Crippen LogP contribution in [-0.2, 0) is 4.79 Å². The fourth-order valence-electron chi connectivity index (χ4n) is 1.15. The van der Waals surface area contributed by atoms with Gasteiger partial charge >= 0.3 is 0 Å². The van der Waals surface area contributed by atoms with Crippen molar-refractivity contribution in [3.8, 4) is 0 Å². The van der Waals surface area contributed by atoms with E-state index in [1.807, 2.05) is 0 Å². The van der Waals surface area contributed by atoms with E-state index in [-0.39, 0.29) is 0 Å². The molecule has 1 nitrogen and oxygen atoms in total. The Bertz CT molecular complexity index is 127. The van der Waals surface area contributed by atoms with Gasteiger partial charge in [0.05, 0.1) is 0 Å². The molecule has 0 aromatic carbocycles. The molecule has 0 fully saturated rings. The highest BCUT2D eigenvalue weighted by Gasteiger charge is 1.98. The van der Waals surface area contributed by atoms with Crippen molar-refractivity contribution in [2.45, 2.75) is 46.0 Å². The first-order valence-electron chi connectivity index (χ1n) is 4.89. The molecule has 1 atom stereocenters. The molecule has 0 radical (unpaired) electrons. The highest BCUT2D eigenvalue weighted by atomic mass is 16.1. The second kappa shape index (κ2) is 8.51. The summed E-state index contributed by atoms with van der Waals surface area (Å²) in [5.41, 5.74) is 0. The average Bonchev–Trinajstić information content (AvgIpc) is 2.05. The van der Waals surface area contributed by atoms with Crippen molar-refractivity contribution in [1.29, 1.82) is 0 Å². The Morgan fingerprint density at radius 3 is 2.67 bits per heavy atom. The van der Waals surface area contributed by atoms with Crippen LogP contribution in [0, 0.1) is 5.92 Å². The summed E-state index contributed by atoms with van der Waals surface area (Å²) in [6.07, 6.45) is 10.8. The van der Waals surface area contributed by atoms with Crippen LogP contribution >= 0.6 is 0 Å². The lowest BCUT2D eigenvalue weighted by atomic mass is 10.0. The molecule has 12 heavy (non-hydrogen) atoms. The third kappa shape index (κ3) is 7.52. The van der Waals surface area contributed by atoms with E-state index in [0.717, 1.165) is 25.5 Å². The number of rotatable bonds is 7. The topological polar surface area (TPSA) is 17.1 Å². The molecule has 0 bridgehead atoms. The lowest BCUT2D eigenvalue weighted by Crippen LogP contribution is -1.94. The molecule has 1 unspecified atom stereocenters. The van der Waals surface area contributed by atoms with Crippen LogP contribution < -0.4 is 0 Å². The first kappa shape index (κ1) is 11.4. The van der Waals surface area contributed by atoms with Gasteiger partial charge in [-0.3, -0.25) is 0 Å². The van der Waals surface area contributed by atoms with Crippen molar-refractivity contribution >= 4 is 6.29 Å². The lowest BCUT2D eigenvalue weighted by molar-refractivity contribution is -0.108. The molecule has 70 valence electrons. The van der Waals surface area contributed by atoms with Crippen LogP contribution in [0.25, 0.3) is 0 Å². The van der Waals surface area contributed by atoms with Crippen LogP contribution in [0.15, 0.2) is 12.2 Å². The Kier molecular flexibility index (Phi) is 8.09. The molecule has 0 aliphatic heterocycles. The van der Waals surface area contributed by atoms with E-state index in [0.29, 0.717) is 5.92 Å². The summed E-state index contributed by atoms with van der Waals surface area (Å²) in [6, 6.07) is 0. The fraction of sp³-hybridized carbons (Fsp3) is 0.727. The zero-order chi connectivity index (χ0) is 9.23. The average molecular weight is 168 g/mol. The number of hydrogen-bond acceptors (Lipinski definition) is 1. The van der Waals surface area contributed by atoms with E-state index in [9.17, 15) is 4.79 Å². The van der Waals surface area contributed by atoms with Gasteiger partial charge in [-0.2, -0.15) is 0 Å². The molecule has 0 spiro atoms. The maximum absolute atomic E-state index is 10.1. The number of carbonyl (C=O) groups excluding carboxylic acids is 1. The fourth-order valence-corrected chi connectivity index (χ4v) is 1.15. The number of unbranched alkanes of at least 4 members (excludes halogenated alkanes) is 1. The van der Waals surface area contributed by atoms with Crippen molar-refractivity contribution in [2.24, 2.45) is 5.92 Å². The van der Waals surface area contributed by atoms with Gasteiger partial charge in [0.15, 0.2) is 0 Å². The SMILES string of the molecule is CCC=CCCCC(C)CC=O. The standard InChI is InChI=1S/C11H20O/c1-3-4-5-6-7-8-11(2)9-10-12/h4-5,10-11H,3,6-9H2,1-2H3. The number of aldehydes is 1. The second-order valence-corrected chi connectivity index (χ2v) is 3.32. The number of carbonyl (C=O) groups is 1. The predicted octanol–water partition coefficient (Wildman–Crippen LogP) is 3.35. The van der Waals surface area contributed by atoms with Crippen molar-refractivity contribution in [3.05, 3.63) is 12.2 Å². The van der Waals surface area contributed by atoms with E-state index in [1.54, 1.807) is 0 Å². The number of allylic oxidation sites excluding steroid dienone is 2. The van der Waals surface area contributed by atoms with Crippen LogP contribution in [0.4, 0.5) is 0 Å². The van der Waals surface area contributed by atoms with Crippen molar-refractivity contribution < 1.29 is 4.79 Å². The summed E-state index contributed by atoms with van der Waals surface area (Å²) >= 11 is 0. The van der Waals surface area contributed by atoms with Gasteiger partial charge in [-0.15, -0.1) is 0 Å². The Balaban J connectivity index is 3.18. The van der Waals surface area contributed by atoms with Crippen LogP contribution in [0.5, 0.6) is 0 Å². The molecule has 0 amide bonds. The van der Waals surface area contributed by atoms with Gasteiger partial charge in [-0.1, -0.05) is 32.4 Å². The zero-order valence-corrected chi connectivity index (χ0v) is 8.25. The third-order valence-electron chi connectivity index (χ3n) is 1.97. The molecule has 0 saturated heterocycles. The van der Waals surface area contributed by atoms with Crippen molar-refractivity contribution in [2.75, 3.05) is 0 Å². The Labute approximate surface area is 75.9 Å². The minimum absolute atomic E-state index is 0.567. The first-order valence-corrected chi connectivity index (χ1v) is 4.89. The molecule has 1 heteroatoms. The minimum Gasteiger partial charge on any atom is -0.303 e. The van der Waals surface area contributed by atoms with E-state index in [1.165, 1.54) is 12.8 Å². The number of hydrogen-bond donors (Lipinski definition) is 0. The van der Waals surface area contributed by atoms with E-state index < -0.39 is 0 Å². The third-order valence-corrected chi connectivity index (χ3v) is 1.97. The summed E-state index contributed by atoms with van der Waals surface area (Å²) < 4.78 is 0. The monoisotopic (exact) mass is 168 g/mol. The van der Waals surface area contributed by atoms with Gasteiger partial charge in [0, 0.05) is 6.42 Å². The molecular formula is C11H20O. The molecule has 0 aromatic heterocycles. The van der Waals surface area contributed by atoms with Gasteiger partial charge < -0.3 is 4.79 Å². The van der Waals surface area contributed by atoms with E-state index >= 15 is 0 Å². The summed E-state index contributed by atoms with van der Waals surface area (Å²) in [5, 5.41) is 0. The maximum atomic E-state index is 10.1. The van der Waals surface area contributed by atoms with Crippen LogP contribution in [0.1, 0.15) is 46.0 Å². The van der Waals surface area contributed by atoms with Crippen LogP contribution in [0.2, 0.25) is 0 Å². The second-order valence-electron chi connectivity index (χ2n) is 3.32. The Hall–Kier alpha value is -0.590. The van der Waals surface area contributed by atoms with Crippen molar-refractivity contribution in [3.63, 3.8) is 0 Å². The summed E-state index contributed by atoms with van der Waals surface area (Å²) in [7, 11) is 0. The van der Waals surface area contributed by atoms with Gasteiger partial charge in [-0.25, -0.2) is 0 Å². The van der Waals surface area contributed by atoms with E-state index in [4.69, 9.17) is 0 Å². The molecule has 0 N–H and O–H groups in total. The van der Waals surface area contributed by atoms with E-state index in [2.05, 4.69) is 26.0 Å². The summed E-state index contributed by atoms with van der Waals surface area (Å²) in [6.45, 7) is 4.28. The largest absolute Gasteiger partial charge is 0.303 e. The lowest BCUT2D eigenvalue weighted by Gasteiger charge is -2.04. The highest BCUT2D eigenvalue weighted by molar-refractivity contribution is 5.49. The molecule has 0 aromatic rings. The smallest absolute Gasteiger partial charge is 0.120 e.